The van der Waals surface area contributed by atoms with Crippen LogP contribution in [0.3, 0.4) is 0 Å². The number of nitrogens with two attached hydrogens (primary N) is 2. The fourth-order valence-electron chi connectivity index (χ4n) is 0.898. The third-order valence-corrected chi connectivity index (χ3v) is 2.37. The van der Waals surface area contributed by atoms with Gasteiger partial charge in [-0.2, -0.15) is 0 Å². The van der Waals surface area contributed by atoms with E-state index in [1.807, 2.05) is 22.6 Å². The minimum atomic E-state index is -0.525. The van der Waals surface area contributed by atoms with Gasteiger partial charge in [-0.25, -0.2) is 4.39 Å². The van der Waals surface area contributed by atoms with Crippen LogP contribution in [0.25, 0.3) is 0 Å². The van der Waals surface area contributed by atoms with Crippen LogP contribution < -0.4 is 16.8 Å². The molecule has 1 amide bonds. The molecule has 0 radical (unpaired) electrons. The highest BCUT2D eigenvalue weighted by molar-refractivity contribution is 14.1. The molecule has 76 valence electrons. The molecule has 0 aliphatic carbocycles. The van der Waals surface area contributed by atoms with Gasteiger partial charge in [0.1, 0.15) is 5.82 Å². The van der Waals surface area contributed by atoms with Crippen LogP contribution >= 0.6 is 22.6 Å². The van der Waals surface area contributed by atoms with Crippen LogP contribution in [-0.2, 0) is 4.79 Å². The third kappa shape index (κ3) is 2.72. The van der Waals surface area contributed by atoms with Crippen molar-refractivity contribution in [3.8, 4) is 0 Å². The molecule has 14 heavy (non-hydrogen) atoms. The van der Waals surface area contributed by atoms with Crippen molar-refractivity contribution in [2.45, 2.75) is 0 Å². The van der Waals surface area contributed by atoms with Gasteiger partial charge in [0, 0.05) is 6.07 Å². The Morgan fingerprint density at radius 3 is 2.79 bits per heavy atom. The highest BCUT2D eigenvalue weighted by Gasteiger charge is 2.05. The Bertz CT molecular complexity index is 370. The second-order valence-electron chi connectivity index (χ2n) is 2.67. The number of primary amides is 1. The van der Waals surface area contributed by atoms with Crippen LogP contribution in [0.2, 0.25) is 0 Å². The maximum absolute atomic E-state index is 13.1. The minimum Gasteiger partial charge on any atom is -0.397 e. The molecule has 0 aliphatic rings. The monoisotopic (exact) mass is 309 g/mol. The van der Waals surface area contributed by atoms with Crippen LogP contribution in [0, 0.1) is 9.39 Å². The molecule has 5 N–H and O–H groups in total. The van der Waals surface area contributed by atoms with E-state index in [4.69, 9.17) is 11.5 Å². The molecular weight excluding hydrogens is 300 g/mol. The largest absolute Gasteiger partial charge is 0.397 e. The van der Waals surface area contributed by atoms with Gasteiger partial charge in [0.05, 0.1) is 21.5 Å². The van der Waals surface area contributed by atoms with Crippen molar-refractivity contribution in [3.63, 3.8) is 0 Å². The van der Waals surface area contributed by atoms with E-state index in [9.17, 15) is 9.18 Å². The van der Waals surface area contributed by atoms with E-state index in [1.54, 1.807) is 0 Å². The smallest absolute Gasteiger partial charge is 0.236 e. The van der Waals surface area contributed by atoms with Gasteiger partial charge in [0.25, 0.3) is 0 Å². The molecule has 0 saturated carbocycles. The van der Waals surface area contributed by atoms with Gasteiger partial charge < -0.3 is 16.8 Å². The zero-order valence-electron chi connectivity index (χ0n) is 7.18. The maximum atomic E-state index is 13.1. The molecule has 0 atom stereocenters. The topological polar surface area (TPSA) is 81.1 Å². The number of carbonyl (C=O) groups excluding carboxylic acids is 1. The molecule has 0 fully saturated rings. The third-order valence-electron chi connectivity index (χ3n) is 1.55. The first-order valence-corrected chi connectivity index (χ1v) is 4.85. The molecular formula is C8H9FIN3O. The SMILES string of the molecule is NC(=O)CNc1cc(F)c(I)cc1N. The first-order chi connectivity index (χ1) is 6.50. The molecule has 0 bridgehead atoms. The number of halogens is 2. The Morgan fingerprint density at radius 2 is 2.21 bits per heavy atom. The van der Waals surface area contributed by atoms with Crippen molar-refractivity contribution in [1.29, 1.82) is 0 Å². The van der Waals surface area contributed by atoms with Crippen molar-refractivity contribution in [2.75, 3.05) is 17.6 Å². The van der Waals surface area contributed by atoms with E-state index in [-0.39, 0.29) is 12.4 Å². The quantitative estimate of drug-likeness (QED) is 0.573. The number of anilines is 2. The summed E-state index contributed by atoms with van der Waals surface area (Å²) in [5.41, 5.74) is 11.3. The van der Waals surface area contributed by atoms with Gasteiger partial charge in [0.2, 0.25) is 5.91 Å². The van der Waals surface area contributed by atoms with Crippen LogP contribution in [0.5, 0.6) is 0 Å². The predicted molar refractivity (Wildman–Crippen MR) is 61.2 cm³/mol. The highest BCUT2D eigenvalue weighted by atomic mass is 127. The molecule has 0 heterocycles. The molecule has 6 heteroatoms. The molecule has 1 aromatic rings. The number of carbonyl (C=O) groups is 1. The van der Waals surface area contributed by atoms with E-state index < -0.39 is 5.91 Å². The second-order valence-corrected chi connectivity index (χ2v) is 3.84. The van der Waals surface area contributed by atoms with E-state index in [0.29, 0.717) is 14.9 Å². The first kappa shape index (κ1) is 11.0. The number of nitrogens with one attached hydrogen (secondary N) is 1. The number of hydrogen-bond acceptors (Lipinski definition) is 3. The zero-order chi connectivity index (χ0) is 10.7. The van der Waals surface area contributed by atoms with Gasteiger partial charge in [-0.05, 0) is 28.7 Å². The lowest BCUT2D eigenvalue weighted by molar-refractivity contribution is -0.116. The molecule has 0 saturated heterocycles. The van der Waals surface area contributed by atoms with Crippen LogP contribution in [0.15, 0.2) is 12.1 Å². The van der Waals surface area contributed by atoms with Gasteiger partial charge in [-0.15, -0.1) is 0 Å². The normalized spacial score (nSPS) is 9.86. The number of benzene rings is 1. The van der Waals surface area contributed by atoms with Crippen molar-refractivity contribution >= 4 is 39.9 Å². The van der Waals surface area contributed by atoms with Crippen LogP contribution in [-0.4, -0.2) is 12.5 Å². The Balaban J connectivity index is 2.87. The predicted octanol–water partition coefficient (Wildman–Crippen LogP) is 0.910. The molecule has 0 aromatic heterocycles. The van der Waals surface area contributed by atoms with E-state index >= 15 is 0 Å². The lowest BCUT2D eigenvalue weighted by Crippen LogP contribution is -2.22. The Labute approximate surface area is 94.0 Å². The highest BCUT2D eigenvalue weighted by Crippen LogP contribution is 2.23. The minimum absolute atomic E-state index is 0.0652. The Kier molecular flexibility index (Phi) is 3.50. The van der Waals surface area contributed by atoms with Crippen molar-refractivity contribution < 1.29 is 9.18 Å². The van der Waals surface area contributed by atoms with Crippen LogP contribution in [0.1, 0.15) is 0 Å². The summed E-state index contributed by atoms with van der Waals surface area (Å²) in [6, 6.07) is 2.72. The Morgan fingerprint density at radius 1 is 1.57 bits per heavy atom. The number of rotatable bonds is 3. The summed E-state index contributed by atoms with van der Waals surface area (Å²) in [4.78, 5) is 10.5. The molecule has 1 aromatic carbocycles. The standard InChI is InChI=1S/C8H9FIN3O/c9-4-1-7(13-3-8(12)14)6(11)2-5(4)10/h1-2,13H,3,11H2,(H2,12,14). The summed E-state index contributed by atoms with van der Waals surface area (Å²) in [7, 11) is 0. The van der Waals surface area contributed by atoms with Gasteiger partial charge >= 0.3 is 0 Å². The first-order valence-electron chi connectivity index (χ1n) is 3.77. The van der Waals surface area contributed by atoms with Crippen molar-refractivity contribution in [2.24, 2.45) is 5.73 Å². The summed E-state index contributed by atoms with van der Waals surface area (Å²) in [5.74, 6) is -0.907. The molecule has 4 nitrogen and oxygen atoms in total. The van der Waals surface area contributed by atoms with Gasteiger partial charge in [-0.3, -0.25) is 4.79 Å². The number of nitrogen functional groups attached to an aromatic ring is 1. The number of amides is 1. The molecule has 0 spiro atoms. The summed E-state index contributed by atoms with van der Waals surface area (Å²) in [6.45, 7) is -0.0652. The lowest BCUT2D eigenvalue weighted by Gasteiger charge is -2.08. The van der Waals surface area contributed by atoms with Gasteiger partial charge in [0.15, 0.2) is 0 Å². The van der Waals surface area contributed by atoms with Crippen molar-refractivity contribution in [3.05, 3.63) is 21.5 Å². The second kappa shape index (κ2) is 4.45. The number of hydrogen-bond donors (Lipinski definition) is 3. The van der Waals surface area contributed by atoms with E-state index in [2.05, 4.69) is 5.32 Å². The zero-order valence-corrected chi connectivity index (χ0v) is 9.34. The fraction of sp³-hybridized carbons (Fsp3) is 0.125. The van der Waals surface area contributed by atoms with Crippen molar-refractivity contribution in [1.82, 2.24) is 0 Å². The van der Waals surface area contributed by atoms with E-state index in [1.165, 1.54) is 12.1 Å². The summed E-state index contributed by atoms with van der Waals surface area (Å²) < 4.78 is 13.5. The average Bonchev–Trinajstić information content (AvgIpc) is 2.09. The summed E-state index contributed by atoms with van der Waals surface area (Å²) in [6.07, 6.45) is 0. The lowest BCUT2D eigenvalue weighted by atomic mass is 10.2. The van der Waals surface area contributed by atoms with E-state index in [0.717, 1.165) is 0 Å². The maximum Gasteiger partial charge on any atom is 0.236 e. The summed E-state index contributed by atoms with van der Waals surface area (Å²) in [5, 5.41) is 2.64. The molecule has 0 unspecified atom stereocenters. The van der Waals surface area contributed by atoms with Crippen LogP contribution in [0.4, 0.5) is 15.8 Å². The Hall–Kier alpha value is -1.05. The average molecular weight is 309 g/mol. The molecule has 0 aliphatic heterocycles. The summed E-state index contributed by atoms with van der Waals surface area (Å²) >= 11 is 1.83. The van der Waals surface area contributed by atoms with Gasteiger partial charge in [-0.1, -0.05) is 0 Å². The molecule has 1 rings (SSSR count). The fourth-order valence-corrected chi connectivity index (χ4v) is 1.39.